The quantitative estimate of drug-likeness (QED) is 0.497. The minimum atomic E-state index is -1.12. The highest BCUT2D eigenvalue weighted by Crippen LogP contribution is 2.65. The summed E-state index contributed by atoms with van der Waals surface area (Å²) in [5.74, 6) is 0.146. The Morgan fingerprint density at radius 1 is 1.08 bits per heavy atom. The van der Waals surface area contributed by atoms with Gasteiger partial charge >= 0.3 is 5.97 Å². The van der Waals surface area contributed by atoms with Gasteiger partial charge in [-0.2, -0.15) is 0 Å². The van der Waals surface area contributed by atoms with Crippen LogP contribution in [0.3, 0.4) is 0 Å². The lowest BCUT2D eigenvalue weighted by Gasteiger charge is -2.52. The highest BCUT2D eigenvalue weighted by atomic mass is 16.6. The molecule has 0 bridgehead atoms. The maximum atomic E-state index is 13.4. The predicted molar refractivity (Wildman–Crippen MR) is 142 cm³/mol. The first-order valence-corrected chi connectivity index (χ1v) is 13.6. The summed E-state index contributed by atoms with van der Waals surface area (Å²) in [6, 6.07) is 8.34. The van der Waals surface area contributed by atoms with E-state index in [0.717, 1.165) is 49.8 Å². The standard InChI is InChI=1S/C31H39NO5/c1-19(33)37-31(29(35)18-36-5)15-13-27-24-11-8-21-16-28(34)26(20-6-9-22(10-7-20)32(3)4)17-25(21)23(24)12-14-30(27,31)2/h6-7,9-10,16,24,26-27H,8,11-15,17-18H2,1-5H3/t24-,26-,27+,30+,31+/m1/s1. The van der Waals surface area contributed by atoms with Gasteiger partial charge in [0.15, 0.2) is 11.4 Å². The first kappa shape index (κ1) is 25.9. The number of fused-ring (bicyclic) bond motifs is 4. The molecule has 1 aromatic rings. The van der Waals surface area contributed by atoms with E-state index >= 15 is 0 Å². The molecule has 2 saturated carbocycles. The Labute approximate surface area is 220 Å². The summed E-state index contributed by atoms with van der Waals surface area (Å²) < 4.78 is 11.2. The second-order valence-corrected chi connectivity index (χ2v) is 11.8. The van der Waals surface area contributed by atoms with E-state index in [4.69, 9.17) is 9.47 Å². The number of rotatable bonds is 6. The average molecular weight is 506 g/mol. The van der Waals surface area contributed by atoms with Crippen LogP contribution in [0.4, 0.5) is 5.69 Å². The molecule has 6 heteroatoms. The van der Waals surface area contributed by atoms with E-state index in [-0.39, 0.29) is 30.0 Å². The lowest BCUT2D eigenvalue weighted by atomic mass is 9.54. The second-order valence-electron chi connectivity index (χ2n) is 11.8. The molecule has 1 aromatic carbocycles. The number of hydrogen-bond acceptors (Lipinski definition) is 6. The van der Waals surface area contributed by atoms with E-state index in [1.165, 1.54) is 30.8 Å². The lowest BCUT2D eigenvalue weighted by Crippen LogP contribution is -2.57. The molecule has 5 rings (SSSR count). The SMILES string of the molecule is COCC(=O)[C@@]1(OC(C)=O)CC[C@H]2[C@@H]3CCC4=CC(=O)[C@@H](c5ccc(N(C)C)cc5)CC4=C3CC[C@@]21C. The van der Waals surface area contributed by atoms with Gasteiger partial charge in [0, 0.05) is 39.2 Å². The smallest absolute Gasteiger partial charge is 0.303 e. The molecule has 6 nitrogen and oxygen atoms in total. The molecular formula is C31H39NO5. The van der Waals surface area contributed by atoms with Crippen LogP contribution in [0.15, 0.2) is 47.1 Å². The maximum Gasteiger partial charge on any atom is 0.303 e. The van der Waals surface area contributed by atoms with Crippen molar-refractivity contribution in [3.8, 4) is 0 Å². The number of nitrogens with zero attached hydrogens (tertiary/aromatic N) is 1. The Morgan fingerprint density at radius 3 is 2.46 bits per heavy atom. The van der Waals surface area contributed by atoms with Crippen LogP contribution in [-0.4, -0.2) is 50.9 Å². The molecule has 37 heavy (non-hydrogen) atoms. The van der Waals surface area contributed by atoms with E-state index in [9.17, 15) is 14.4 Å². The van der Waals surface area contributed by atoms with E-state index in [1.54, 1.807) is 0 Å². The molecule has 198 valence electrons. The van der Waals surface area contributed by atoms with Gasteiger partial charge in [-0.25, -0.2) is 0 Å². The first-order valence-electron chi connectivity index (χ1n) is 13.6. The summed E-state index contributed by atoms with van der Waals surface area (Å²) in [6.45, 7) is 3.52. The van der Waals surface area contributed by atoms with Gasteiger partial charge in [-0.05, 0) is 91.7 Å². The van der Waals surface area contributed by atoms with Gasteiger partial charge in [0.05, 0.1) is 5.92 Å². The van der Waals surface area contributed by atoms with Crippen molar-refractivity contribution >= 4 is 23.2 Å². The monoisotopic (exact) mass is 505 g/mol. The second kappa shape index (κ2) is 9.54. The van der Waals surface area contributed by atoms with Gasteiger partial charge in [-0.15, -0.1) is 0 Å². The van der Waals surface area contributed by atoms with Crippen LogP contribution in [0.5, 0.6) is 0 Å². The molecule has 0 saturated heterocycles. The average Bonchev–Trinajstić information content (AvgIpc) is 3.16. The molecule has 0 heterocycles. The third kappa shape index (κ3) is 4.08. The molecular weight excluding hydrogens is 466 g/mol. The Bertz CT molecular complexity index is 1180. The molecule has 4 aliphatic carbocycles. The number of allylic oxidation sites excluding steroid dienone is 4. The van der Waals surface area contributed by atoms with E-state index in [2.05, 4.69) is 36.1 Å². The number of esters is 1. The molecule has 0 spiro atoms. The fraction of sp³-hybridized carbons (Fsp3) is 0.581. The molecule has 0 amide bonds. The Morgan fingerprint density at radius 2 is 1.81 bits per heavy atom. The number of carbonyl (C=O) groups excluding carboxylic acids is 3. The van der Waals surface area contributed by atoms with Crippen LogP contribution in [0, 0.1) is 17.3 Å². The fourth-order valence-corrected chi connectivity index (χ4v) is 8.00. The summed E-state index contributed by atoms with van der Waals surface area (Å²) in [5, 5.41) is 0. The van der Waals surface area contributed by atoms with Crippen LogP contribution in [-0.2, 0) is 23.9 Å². The zero-order valence-corrected chi connectivity index (χ0v) is 22.8. The number of methoxy groups -OCH3 is 1. The van der Waals surface area contributed by atoms with Crippen molar-refractivity contribution in [3.63, 3.8) is 0 Å². The van der Waals surface area contributed by atoms with Gasteiger partial charge < -0.3 is 14.4 Å². The summed E-state index contributed by atoms with van der Waals surface area (Å²) in [4.78, 5) is 40.8. The minimum absolute atomic E-state index is 0.0442. The van der Waals surface area contributed by atoms with Crippen LogP contribution in [0.2, 0.25) is 0 Å². The topological polar surface area (TPSA) is 72.9 Å². The number of anilines is 1. The number of benzene rings is 1. The van der Waals surface area contributed by atoms with Crippen LogP contribution in [0.25, 0.3) is 0 Å². The number of carbonyl (C=O) groups is 3. The Kier molecular flexibility index (Phi) is 6.68. The van der Waals surface area contributed by atoms with Crippen LogP contribution in [0.1, 0.15) is 70.3 Å². The van der Waals surface area contributed by atoms with Gasteiger partial charge in [0.1, 0.15) is 6.61 Å². The molecule has 0 aromatic heterocycles. The van der Waals surface area contributed by atoms with Gasteiger partial charge in [0.25, 0.3) is 0 Å². The maximum absolute atomic E-state index is 13.4. The van der Waals surface area contributed by atoms with Gasteiger partial charge in [0.2, 0.25) is 5.78 Å². The Hall–Kier alpha value is -2.73. The summed E-state index contributed by atoms with van der Waals surface area (Å²) in [7, 11) is 5.55. The van der Waals surface area contributed by atoms with Crippen molar-refractivity contribution in [2.24, 2.45) is 17.3 Å². The Balaban J connectivity index is 1.48. The number of ketones is 2. The van der Waals surface area contributed by atoms with Crippen molar-refractivity contribution in [1.29, 1.82) is 0 Å². The molecule has 2 fully saturated rings. The van der Waals surface area contributed by atoms with E-state index < -0.39 is 17.0 Å². The molecule has 0 N–H and O–H groups in total. The zero-order chi connectivity index (χ0) is 26.5. The van der Waals surface area contributed by atoms with Crippen LogP contribution >= 0.6 is 0 Å². The number of Topliss-reactive ketones (excluding diaryl/α,β-unsaturated/α-hetero) is 1. The highest BCUT2D eigenvalue weighted by Gasteiger charge is 2.66. The third-order valence-corrected chi connectivity index (χ3v) is 9.82. The molecule has 0 aliphatic heterocycles. The fourth-order valence-electron chi connectivity index (χ4n) is 8.00. The lowest BCUT2D eigenvalue weighted by molar-refractivity contribution is -0.184. The number of ether oxygens (including phenoxy) is 2. The first-order chi connectivity index (χ1) is 17.6. The van der Waals surface area contributed by atoms with Gasteiger partial charge in [-0.3, -0.25) is 14.4 Å². The molecule has 5 atom stereocenters. The minimum Gasteiger partial charge on any atom is -0.451 e. The van der Waals surface area contributed by atoms with Crippen molar-refractivity contribution in [2.75, 3.05) is 32.7 Å². The molecule has 0 radical (unpaired) electrons. The molecule has 4 aliphatic rings. The molecule has 0 unspecified atom stereocenters. The van der Waals surface area contributed by atoms with Crippen molar-refractivity contribution < 1.29 is 23.9 Å². The van der Waals surface area contributed by atoms with Crippen molar-refractivity contribution in [3.05, 3.63) is 52.6 Å². The predicted octanol–water partition coefficient (Wildman–Crippen LogP) is 5.17. The van der Waals surface area contributed by atoms with Crippen molar-refractivity contribution in [2.45, 2.75) is 70.3 Å². The largest absolute Gasteiger partial charge is 0.451 e. The summed E-state index contributed by atoms with van der Waals surface area (Å²) in [6.07, 6.45) is 7.59. The normalized spacial score (nSPS) is 32.7. The summed E-state index contributed by atoms with van der Waals surface area (Å²) >= 11 is 0. The highest BCUT2D eigenvalue weighted by molar-refractivity contribution is 5.98. The zero-order valence-electron chi connectivity index (χ0n) is 22.8. The van der Waals surface area contributed by atoms with Crippen LogP contribution < -0.4 is 4.90 Å². The van der Waals surface area contributed by atoms with Gasteiger partial charge in [-0.1, -0.05) is 24.6 Å². The van der Waals surface area contributed by atoms with Crippen molar-refractivity contribution in [1.82, 2.24) is 0 Å². The number of hydrogen-bond donors (Lipinski definition) is 0. The third-order valence-electron chi connectivity index (χ3n) is 9.82. The van der Waals surface area contributed by atoms with E-state index in [1.807, 2.05) is 20.2 Å². The summed E-state index contributed by atoms with van der Waals surface area (Å²) in [5.41, 5.74) is 4.70. The van der Waals surface area contributed by atoms with E-state index in [0.29, 0.717) is 12.3 Å².